The van der Waals surface area contributed by atoms with Crippen LogP contribution in [0, 0.1) is 12.8 Å². The molecule has 14 heavy (non-hydrogen) atoms. The van der Waals surface area contributed by atoms with Crippen molar-refractivity contribution in [3.05, 3.63) is 35.4 Å². The predicted octanol–water partition coefficient (Wildman–Crippen LogP) is 4.53. The first-order valence-electron chi connectivity index (χ1n) is 5.82. The Morgan fingerprint density at radius 3 is 2.14 bits per heavy atom. The molecule has 0 radical (unpaired) electrons. The summed E-state index contributed by atoms with van der Waals surface area (Å²) >= 11 is 0. The molecule has 78 valence electrons. The van der Waals surface area contributed by atoms with Crippen LogP contribution in [0.25, 0.3) is 0 Å². The minimum Gasteiger partial charge on any atom is -0.0625 e. The van der Waals surface area contributed by atoms with E-state index < -0.39 is 0 Å². The van der Waals surface area contributed by atoms with Crippen molar-refractivity contribution in [1.82, 2.24) is 0 Å². The standard InChI is InChI=1S/C14H20.H2/c1-11-3-7-13(8-4-11)14-9-5-12(2)6-10-14;/h3-4,7-8,12,14H,5-6,9-10H2,1-2H3;1H. The van der Waals surface area contributed by atoms with E-state index in [1.807, 2.05) is 0 Å². The normalized spacial score (nSPS) is 27.6. The van der Waals surface area contributed by atoms with E-state index in [4.69, 9.17) is 0 Å². The molecule has 2 rings (SSSR count). The zero-order valence-electron chi connectivity index (χ0n) is 9.29. The van der Waals surface area contributed by atoms with Crippen LogP contribution in [0.2, 0.25) is 0 Å². The number of benzene rings is 1. The maximum absolute atomic E-state index is 2.38. The van der Waals surface area contributed by atoms with Crippen LogP contribution in [0.1, 0.15) is 51.1 Å². The van der Waals surface area contributed by atoms with Gasteiger partial charge in [-0.25, -0.2) is 0 Å². The lowest BCUT2D eigenvalue weighted by molar-refractivity contribution is 0.348. The third-order valence-corrected chi connectivity index (χ3v) is 3.56. The van der Waals surface area contributed by atoms with E-state index >= 15 is 0 Å². The maximum Gasteiger partial charge on any atom is 0 e. The molecule has 1 saturated carbocycles. The fourth-order valence-electron chi connectivity index (χ4n) is 2.43. The van der Waals surface area contributed by atoms with Crippen LogP contribution in [0.15, 0.2) is 24.3 Å². The highest BCUT2D eigenvalue weighted by atomic mass is 14.2. The Labute approximate surface area is 88.8 Å². The van der Waals surface area contributed by atoms with E-state index in [1.165, 1.54) is 31.2 Å². The summed E-state index contributed by atoms with van der Waals surface area (Å²) in [5, 5.41) is 0. The van der Waals surface area contributed by atoms with Crippen molar-refractivity contribution in [1.29, 1.82) is 0 Å². The fourth-order valence-corrected chi connectivity index (χ4v) is 2.43. The largest absolute Gasteiger partial charge is 0.0625 e. The minimum atomic E-state index is 0. The SMILES string of the molecule is Cc1ccc(C2CCC(C)CC2)cc1.[HH]. The summed E-state index contributed by atoms with van der Waals surface area (Å²) in [6.07, 6.45) is 5.62. The van der Waals surface area contributed by atoms with Crippen molar-refractivity contribution in [2.45, 2.75) is 45.4 Å². The highest BCUT2D eigenvalue weighted by Crippen LogP contribution is 2.35. The van der Waals surface area contributed by atoms with Crippen molar-refractivity contribution in [2.24, 2.45) is 5.92 Å². The summed E-state index contributed by atoms with van der Waals surface area (Å²) < 4.78 is 0. The Balaban J connectivity index is 0.00000112. The second kappa shape index (κ2) is 4.16. The summed E-state index contributed by atoms with van der Waals surface area (Å²) in [5.41, 5.74) is 2.93. The van der Waals surface area contributed by atoms with Crippen molar-refractivity contribution >= 4 is 0 Å². The van der Waals surface area contributed by atoms with Crippen molar-refractivity contribution < 1.29 is 1.43 Å². The smallest absolute Gasteiger partial charge is 0 e. The van der Waals surface area contributed by atoms with Gasteiger partial charge in [0.1, 0.15) is 0 Å². The van der Waals surface area contributed by atoms with Gasteiger partial charge >= 0.3 is 0 Å². The van der Waals surface area contributed by atoms with Crippen molar-refractivity contribution in [3.8, 4) is 0 Å². The molecular formula is C14H22. The summed E-state index contributed by atoms with van der Waals surface area (Å²) in [7, 11) is 0. The van der Waals surface area contributed by atoms with Crippen LogP contribution in [-0.2, 0) is 0 Å². The molecule has 1 aromatic rings. The molecule has 0 atom stereocenters. The molecular weight excluding hydrogens is 168 g/mol. The quantitative estimate of drug-likeness (QED) is 0.610. The van der Waals surface area contributed by atoms with Gasteiger partial charge in [-0.2, -0.15) is 0 Å². The molecule has 0 saturated heterocycles. The van der Waals surface area contributed by atoms with Gasteiger partial charge in [0.25, 0.3) is 0 Å². The van der Waals surface area contributed by atoms with Crippen LogP contribution in [0.4, 0.5) is 0 Å². The van der Waals surface area contributed by atoms with Crippen LogP contribution in [-0.4, -0.2) is 0 Å². The average Bonchev–Trinajstić information content (AvgIpc) is 2.21. The molecule has 0 bridgehead atoms. The molecule has 1 fully saturated rings. The van der Waals surface area contributed by atoms with Crippen LogP contribution in [0.3, 0.4) is 0 Å². The molecule has 1 aromatic carbocycles. The first kappa shape index (κ1) is 9.76. The Morgan fingerprint density at radius 2 is 1.57 bits per heavy atom. The topological polar surface area (TPSA) is 0 Å². The lowest BCUT2D eigenvalue weighted by atomic mass is 9.79. The molecule has 0 aromatic heterocycles. The molecule has 0 heterocycles. The van der Waals surface area contributed by atoms with Gasteiger partial charge < -0.3 is 0 Å². The molecule has 0 N–H and O–H groups in total. The number of aryl methyl sites for hydroxylation is 1. The van der Waals surface area contributed by atoms with Crippen LogP contribution >= 0.6 is 0 Å². The third kappa shape index (κ3) is 2.17. The van der Waals surface area contributed by atoms with Gasteiger partial charge in [-0.3, -0.25) is 0 Å². The third-order valence-electron chi connectivity index (χ3n) is 3.56. The van der Waals surface area contributed by atoms with E-state index in [2.05, 4.69) is 38.1 Å². The fraction of sp³-hybridized carbons (Fsp3) is 0.571. The van der Waals surface area contributed by atoms with E-state index in [-0.39, 0.29) is 1.43 Å². The molecule has 0 aliphatic heterocycles. The highest BCUT2D eigenvalue weighted by molar-refractivity contribution is 5.24. The molecule has 0 amide bonds. The summed E-state index contributed by atoms with van der Waals surface area (Å²) in [5.74, 6) is 1.79. The summed E-state index contributed by atoms with van der Waals surface area (Å²) in [4.78, 5) is 0. The first-order chi connectivity index (χ1) is 6.75. The van der Waals surface area contributed by atoms with Crippen LogP contribution < -0.4 is 0 Å². The van der Waals surface area contributed by atoms with Crippen molar-refractivity contribution in [3.63, 3.8) is 0 Å². The molecule has 0 nitrogen and oxygen atoms in total. The minimum absolute atomic E-state index is 0. The van der Waals surface area contributed by atoms with Crippen LogP contribution in [0.5, 0.6) is 0 Å². The Morgan fingerprint density at radius 1 is 1.00 bits per heavy atom. The monoisotopic (exact) mass is 190 g/mol. The van der Waals surface area contributed by atoms with Gasteiger partial charge in [-0.15, -0.1) is 0 Å². The predicted molar refractivity (Wildman–Crippen MR) is 63.7 cm³/mol. The summed E-state index contributed by atoms with van der Waals surface area (Å²) in [6.45, 7) is 4.54. The maximum atomic E-state index is 2.38. The second-order valence-electron chi connectivity index (χ2n) is 4.87. The number of hydrogen-bond donors (Lipinski definition) is 0. The van der Waals surface area contributed by atoms with Gasteiger partial charge in [0.05, 0.1) is 0 Å². The van der Waals surface area contributed by atoms with Gasteiger partial charge in [0, 0.05) is 1.43 Å². The number of hydrogen-bond acceptors (Lipinski definition) is 0. The zero-order chi connectivity index (χ0) is 9.97. The highest BCUT2D eigenvalue weighted by Gasteiger charge is 2.19. The average molecular weight is 190 g/mol. The summed E-state index contributed by atoms with van der Waals surface area (Å²) in [6, 6.07) is 9.12. The molecule has 0 unspecified atom stereocenters. The lowest BCUT2D eigenvalue weighted by Crippen LogP contribution is -2.10. The second-order valence-corrected chi connectivity index (χ2v) is 4.87. The van der Waals surface area contributed by atoms with E-state index in [9.17, 15) is 0 Å². The molecule has 1 aliphatic rings. The van der Waals surface area contributed by atoms with Crippen molar-refractivity contribution in [2.75, 3.05) is 0 Å². The van der Waals surface area contributed by atoms with Gasteiger partial charge in [-0.1, -0.05) is 49.6 Å². The van der Waals surface area contributed by atoms with Gasteiger partial charge in [0.2, 0.25) is 0 Å². The first-order valence-corrected chi connectivity index (χ1v) is 5.82. The Bertz CT molecular complexity index is 281. The number of rotatable bonds is 1. The molecule has 0 heteroatoms. The van der Waals surface area contributed by atoms with Gasteiger partial charge in [-0.05, 0) is 37.2 Å². The van der Waals surface area contributed by atoms with E-state index in [0.29, 0.717) is 0 Å². The lowest BCUT2D eigenvalue weighted by Gasteiger charge is -2.26. The van der Waals surface area contributed by atoms with Gasteiger partial charge in [0.15, 0.2) is 0 Å². The Hall–Kier alpha value is -0.780. The van der Waals surface area contributed by atoms with E-state index in [0.717, 1.165) is 11.8 Å². The Kier molecular flexibility index (Phi) is 2.90. The molecule has 1 aliphatic carbocycles. The zero-order valence-corrected chi connectivity index (χ0v) is 9.29. The van der Waals surface area contributed by atoms with E-state index in [1.54, 1.807) is 5.56 Å². The molecule has 0 spiro atoms.